The third kappa shape index (κ3) is 8.99. The van der Waals surface area contributed by atoms with Crippen LogP contribution in [0.25, 0.3) is 0 Å². The van der Waals surface area contributed by atoms with Gasteiger partial charge in [-0.2, -0.15) is 0 Å². The molecule has 0 unspecified atom stereocenters. The van der Waals surface area contributed by atoms with E-state index in [4.69, 9.17) is 9.84 Å². The van der Waals surface area contributed by atoms with E-state index in [0.717, 1.165) is 37.8 Å². The average molecular weight is 226 g/mol. The van der Waals surface area contributed by atoms with Crippen LogP contribution in [0.3, 0.4) is 0 Å². The van der Waals surface area contributed by atoms with E-state index in [1.54, 1.807) is 6.92 Å². The molecular formula is C12H18O4. The van der Waals surface area contributed by atoms with E-state index in [9.17, 15) is 9.59 Å². The van der Waals surface area contributed by atoms with Crippen LogP contribution >= 0.6 is 0 Å². The molecular weight excluding hydrogens is 208 g/mol. The summed E-state index contributed by atoms with van der Waals surface area (Å²) in [5.41, 5.74) is 0. The van der Waals surface area contributed by atoms with E-state index in [2.05, 4.69) is 6.92 Å². The Hall–Kier alpha value is -1.58. The minimum Gasteiger partial charge on any atom is -0.478 e. The van der Waals surface area contributed by atoms with E-state index in [1.165, 1.54) is 0 Å². The molecule has 0 radical (unpaired) electrons. The number of ether oxygens (including phenoxy) is 1. The molecule has 0 rings (SSSR count). The van der Waals surface area contributed by atoms with Crippen LogP contribution in [0.15, 0.2) is 24.0 Å². The van der Waals surface area contributed by atoms with Gasteiger partial charge in [-0.25, -0.2) is 9.59 Å². The van der Waals surface area contributed by atoms with Crippen molar-refractivity contribution >= 4 is 11.9 Å². The first-order valence-corrected chi connectivity index (χ1v) is 5.35. The summed E-state index contributed by atoms with van der Waals surface area (Å²) in [4.78, 5) is 21.2. The predicted octanol–water partition coefficient (Wildman–Crippen LogP) is 2.65. The third-order valence-electron chi connectivity index (χ3n) is 1.86. The minimum absolute atomic E-state index is 0.510. The van der Waals surface area contributed by atoms with Gasteiger partial charge in [0.25, 0.3) is 0 Å². The lowest BCUT2D eigenvalue weighted by atomic mass is 10.2. The topological polar surface area (TPSA) is 63.6 Å². The molecule has 0 spiro atoms. The first-order chi connectivity index (χ1) is 7.56. The second-order valence-corrected chi connectivity index (χ2v) is 3.40. The molecule has 0 aliphatic heterocycles. The number of hydrogen-bond donors (Lipinski definition) is 1. The second-order valence-electron chi connectivity index (χ2n) is 3.40. The molecule has 0 fully saturated rings. The van der Waals surface area contributed by atoms with Gasteiger partial charge in [-0.05, 0) is 25.8 Å². The van der Waals surface area contributed by atoms with Gasteiger partial charge >= 0.3 is 11.9 Å². The molecule has 0 aliphatic carbocycles. The maximum atomic E-state index is 11.0. The largest absolute Gasteiger partial charge is 0.478 e. The predicted molar refractivity (Wildman–Crippen MR) is 60.8 cm³/mol. The van der Waals surface area contributed by atoms with Crippen molar-refractivity contribution in [2.24, 2.45) is 0 Å². The monoisotopic (exact) mass is 226 g/mol. The Morgan fingerprint density at radius 1 is 1.25 bits per heavy atom. The van der Waals surface area contributed by atoms with Crippen molar-refractivity contribution in [1.82, 2.24) is 0 Å². The van der Waals surface area contributed by atoms with Crippen LogP contribution in [0.1, 0.15) is 39.5 Å². The average Bonchev–Trinajstić information content (AvgIpc) is 2.21. The van der Waals surface area contributed by atoms with Crippen LogP contribution in [0.4, 0.5) is 0 Å². The molecule has 90 valence electrons. The van der Waals surface area contributed by atoms with E-state index in [-0.39, 0.29) is 0 Å². The third-order valence-corrected chi connectivity index (χ3v) is 1.86. The molecule has 0 heterocycles. The molecule has 0 bridgehead atoms. The molecule has 1 N–H and O–H groups in total. The second kappa shape index (κ2) is 8.71. The number of unbranched alkanes of at least 4 members (excludes halogenated alkanes) is 3. The van der Waals surface area contributed by atoms with Crippen LogP contribution in [0, 0.1) is 0 Å². The zero-order valence-electron chi connectivity index (χ0n) is 9.73. The lowest BCUT2D eigenvalue weighted by Gasteiger charge is -2.00. The number of aliphatic carboxylic acids is 1. The molecule has 4 heteroatoms. The number of esters is 1. The van der Waals surface area contributed by atoms with Gasteiger partial charge in [-0.3, -0.25) is 0 Å². The van der Waals surface area contributed by atoms with Gasteiger partial charge in [0.1, 0.15) is 5.76 Å². The number of allylic oxidation sites excluding steroid dienone is 2. The van der Waals surface area contributed by atoms with Gasteiger partial charge in [-0.15, -0.1) is 0 Å². The van der Waals surface area contributed by atoms with E-state index in [1.807, 2.05) is 6.08 Å². The summed E-state index contributed by atoms with van der Waals surface area (Å²) in [6, 6.07) is 0. The highest BCUT2D eigenvalue weighted by atomic mass is 16.5. The number of carboxylic acids is 1. The lowest BCUT2D eigenvalue weighted by molar-refractivity contribution is -0.135. The summed E-state index contributed by atoms with van der Waals surface area (Å²) < 4.78 is 4.85. The molecule has 16 heavy (non-hydrogen) atoms. The van der Waals surface area contributed by atoms with Crippen molar-refractivity contribution in [3.8, 4) is 0 Å². The van der Waals surface area contributed by atoms with Crippen LogP contribution in [0.5, 0.6) is 0 Å². The summed E-state index contributed by atoms with van der Waals surface area (Å²) in [6.07, 6.45) is 7.72. The van der Waals surface area contributed by atoms with Gasteiger partial charge in [0.2, 0.25) is 0 Å². The highest BCUT2D eigenvalue weighted by Crippen LogP contribution is 2.04. The van der Waals surface area contributed by atoms with Gasteiger partial charge < -0.3 is 9.84 Å². The molecule has 0 atom stereocenters. The fourth-order valence-electron chi connectivity index (χ4n) is 1.07. The fourth-order valence-corrected chi connectivity index (χ4v) is 1.07. The first kappa shape index (κ1) is 14.4. The fraction of sp³-hybridized carbons (Fsp3) is 0.500. The Balaban J connectivity index is 3.89. The number of rotatable bonds is 7. The molecule has 4 nitrogen and oxygen atoms in total. The van der Waals surface area contributed by atoms with Gasteiger partial charge in [0.15, 0.2) is 0 Å². The lowest BCUT2D eigenvalue weighted by Crippen LogP contribution is -2.00. The first-order valence-electron chi connectivity index (χ1n) is 5.35. The van der Waals surface area contributed by atoms with Crippen molar-refractivity contribution in [1.29, 1.82) is 0 Å². The Morgan fingerprint density at radius 3 is 2.50 bits per heavy atom. The van der Waals surface area contributed by atoms with Gasteiger partial charge in [0, 0.05) is 12.2 Å². The molecule has 0 saturated heterocycles. The van der Waals surface area contributed by atoms with E-state index < -0.39 is 11.9 Å². The summed E-state index contributed by atoms with van der Waals surface area (Å²) >= 11 is 0. The number of carbonyl (C=O) groups is 2. The molecule has 0 aromatic carbocycles. The van der Waals surface area contributed by atoms with Crippen LogP contribution in [0.2, 0.25) is 0 Å². The minimum atomic E-state index is -1.17. The Labute approximate surface area is 95.6 Å². The summed E-state index contributed by atoms with van der Waals surface area (Å²) in [5, 5.41) is 8.29. The molecule has 0 saturated carbocycles. The van der Waals surface area contributed by atoms with Crippen LogP contribution < -0.4 is 0 Å². The van der Waals surface area contributed by atoms with Gasteiger partial charge in [0.05, 0.1) is 0 Å². The van der Waals surface area contributed by atoms with Crippen molar-refractivity contribution < 1.29 is 19.4 Å². The highest BCUT2D eigenvalue weighted by molar-refractivity contribution is 5.91. The van der Waals surface area contributed by atoms with Crippen LogP contribution in [-0.2, 0) is 14.3 Å². The SMILES string of the molecule is CCCCCC=C(C)OC(=O)/C=C\C(=O)O. The normalized spacial score (nSPS) is 11.8. The Bertz CT molecular complexity index is 289. The van der Waals surface area contributed by atoms with Crippen LogP contribution in [-0.4, -0.2) is 17.0 Å². The van der Waals surface area contributed by atoms with E-state index in [0.29, 0.717) is 5.76 Å². The standard InChI is InChI=1S/C12H18O4/c1-3-4-5-6-7-10(2)16-12(15)9-8-11(13)14/h7-9H,3-6H2,1-2H3,(H,13,14)/b9-8-,10-7?. The zero-order valence-corrected chi connectivity index (χ0v) is 9.73. The smallest absolute Gasteiger partial charge is 0.336 e. The zero-order chi connectivity index (χ0) is 12.4. The Kier molecular flexibility index (Phi) is 7.85. The van der Waals surface area contributed by atoms with Crippen molar-refractivity contribution in [2.75, 3.05) is 0 Å². The maximum Gasteiger partial charge on any atom is 0.336 e. The quantitative estimate of drug-likeness (QED) is 0.314. The summed E-state index contributed by atoms with van der Waals surface area (Å²) in [6.45, 7) is 3.80. The molecule has 0 aromatic heterocycles. The number of carbonyl (C=O) groups excluding carboxylic acids is 1. The van der Waals surface area contributed by atoms with E-state index >= 15 is 0 Å². The molecule has 0 aliphatic rings. The number of carboxylic acid groups (broad SMARTS) is 1. The number of hydrogen-bond acceptors (Lipinski definition) is 3. The highest BCUT2D eigenvalue weighted by Gasteiger charge is 1.99. The van der Waals surface area contributed by atoms with Crippen molar-refractivity contribution in [2.45, 2.75) is 39.5 Å². The maximum absolute atomic E-state index is 11.0. The van der Waals surface area contributed by atoms with Crippen molar-refractivity contribution in [3.63, 3.8) is 0 Å². The Morgan fingerprint density at radius 2 is 1.94 bits per heavy atom. The van der Waals surface area contributed by atoms with Gasteiger partial charge in [-0.1, -0.05) is 19.8 Å². The summed E-state index contributed by atoms with van der Waals surface area (Å²) in [7, 11) is 0. The van der Waals surface area contributed by atoms with Crippen molar-refractivity contribution in [3.05, 3.63) is 24.0 Å². The molecule has 0 amide bonds. The summed E-state index contributed by atoms with van der Waals surface area (Å²) in [5.74, 6) is -1.32. The molecule has 0 aromatic rings.